The number of esters is 4. The Bertz CT molecular complexity index is 1850. The van der Waals surface area contributed by atoms with Gasteiger partial charge in [0.2, 0.25) is 0 Å². The monoisotopic (exact) mass is 1380 g/mol. The summed E-state index contributed by atoms with van der Waals surface area (Å²) in [5, 5.41) is 10.6. The van der Waals surface area contributed by atoms with Crippen LogP contribution < -0.4 is 0 Å². The number of phosphoric acid groups is 2. The van der Waals surface area contributed by atoms with Gasteiger partial charge in [0, 0.05) is 25.7 Å². The van der Waals surface area contributed by atoms with Crippen LogP contribution in [0.3, 0.4) is 0 Å². The Balaban J connectivity index is 5.16. The Kier molecular flexibility index (Phi) is 63.1. The lowest BCUT2D eigenvalue weighted by molar-refractivity contribution is -0.161. The topological polar surface area (TPSA) is 237 Å². The first-order valence-corrected chi connectivity index (χ1v) is 41.7. The van der Waals surface area contributed by atoms with Gasteiger partial charge in [-0.25, -0.2) is 9.13 Å². The molecule has 0 heterocycles. The van der Waals surface area contributed by atoms with E-state index in [0.29, 0.717) is 37.5 Å². The average Bonchev–Trinajstić information content (AvgIpc) is 1.68. The Morgan fingerprint density at radius 1 is 0.266 bits per heavy atom. The largest absolute Gasteiger partial charge is 0.472 e. The first-order valence-electron chi connectivity index (χ1n) is 38.7. The second-order valence-corrected chi connectivity index (χ2v) is 31.9. The van der Waals surface area contributed by atoms with Crippen molar-refractivity contribution in [1.29, 1.82) is 0 Å². The third-order valence-electron chi connectivity index (χ3n) is 17.3. The van der Waals surface area contributed by atoms with E-state index in [2.05, 4.69) is 55.4 Å². The molecule has 94 heavy (non-hydrogen) atoms. The number of rotatable bonds is 72. The molecule has 0 fully saturated rings. The minimum atomic E-state index is -4.95. The molecule has 0 aliphatic rings. The van der Waals surface area contributed by atoms with Crippen LogP contribution in [-0.2, 0) is 65.4 Å². The molecule has 0 aromatic carbocycles. The first-order chi connectivity index (χ1) is 45.1. The smallest absolute Gasteiger partial charge is 0.462 e. The van der Waals surface area contributed by atoms with Gasteiger partial charge in [0.25, 0.3) is 0 Å². The first kappa shape index (κ1) is 92.1. The van der Waals surface area contributed by atoms with E-state index in [1.54, 1.807) is 0 Å². The summed E-state index contributed by atoms with van der Waals surface area (Å²) in [4.78, 5) is 72.7. The number of aliphatic hydroxyl groups excluding tert-OH is 1. The van der Waals surface area contributed by atoms with Crippen molar-refractivity contribution < 1.29 is 80.2 Å². The van der Waals surface area contributed by atoms with Gasteiger partial charge in [0.05, 0.1) is 26.4 Å². The second kappa shape index (κ2) is 64.4. The van der Waals surface area contributed by atoms with Crippen molar-refractivity contribution in [2.45, 2.75) is 395 Å². The van der Waals surface area contributed by atoms with E-state index < -0.39 is 97.5 Å². The van der Waals surface area contributed by atoms with Gasteiger partial charge in [-0.05, 0) is 49.4 Å². The molecule has 0 aliphatic heterocycles. The van der Waals surface area contributed by atoms with E-state index >= 15 is 0 Å². The molecule has 0 aliphatic carbocycles. The van der Waals surface area contributed by atoms with Crippen molar-refractivity contribution in [2.75, 3.05) is 39.6 Å². The number of phosphoric ester groups is 2. The van der Waals surface area contributed by atoms with Crippen LogP contribution in [0.5, 0.6) is 0 Å². The highest BCUT2D eigenvalue weighted by atomic mass is 31.2. The summed E-state index contributed by atoms with van der Waals surface area (Å²) in [5.74, 6) is 0.844. The lowest BCUT2D eigenvalue weighted by Crippen LogP contribution is -2.30. The van der Waals surface area contributed by atoms with E-state index in [-0.39, 0.29) is 25.7 Å². The molecule has 0 saturated carbocycles. The minimum Gasteiger partial charge on any atom is -0.462 e. The fraction of sp³-hybridized carbons (Fsp3) is 0.947. The molecule has 0 rings (SSSR count). The minimum absolute atomic E-state index is 0.105. The van der Waals surface area contributed by atoms with Crippen molar-refractivity contribution >= 4 is 39.5 Å². The molecule has 3 unspecified atom stereocenters. The van der Waals surface area contributed by atoms with Crippen LogP contribution in [-0.4, -0.2) is 96.7 Å². The SMILES string of the molecule is CC(C)CCCCCCCCCCCCCCCCCCCCC(=O)O[C@H](COC(=O)CCCCCCCCC(C)C)COP(=O)(O)OCC(O)COP(=O)(O)OC[C@@H](COC(=O)CCCCCCCCCC(C)C)OC(=O)CCCCCCCCCCCCCC(C)C. The predicted molar refractivity (Wildman–Crippen MR) is 381 cm³/mol. The average molecular weight is 1380 g/mol. The van der Waals surface area contributed by atoms with Gasteiger partial charge in [-0.1, -0.05) is 325 Å². The zero-order valence-corrected chi connectivity index (χ0v) is 63.4. The molecule has 0 aromatic rings. The zero-order chi connectivity index (χ0) is 69.6. The van der Waals surface area contributed by atoms with Crippen LogP contribution in [0.2, 0.25) is 0 Å². The Labute approximate surface area is 575 Å². The summed E-state index contributed by atoms with van der Waals surface area (Å²) >= 11 is 0. The molecular formula is C75H146O17P2. The van der Waals surface area contributed by atoms with Crippen LogP contribution >= 0.6 is 15.6 Å². The van der Waals surface area contributed by atoms with Crippen molar-refractivity contribution in [3.05, 3.63) is 0 Å². The summed E-state index contributed by atoms with van der Waals surface area (Å²) < 4.78 is 68.4. The van der Waals surface area contributed by atoms with E-state index in [4.69, 9.17) is 37.0 Å². The Morgan fingerprint density at radius 3 is 0.660 bits per heavy atom. The lowest BCUT2D eigenvalue weighted by Gasteiger charge is -2.21. The van der Waals surface area contributed by atoms with Gasteiger partial charge in [0.15, 0.2) is 12.2 Å². The van der Waals surface area contributed by atoms with Gasteiger partial charge in [-0.2, -0.15) is 0 Å². The maximum atomic E-state index is 13.0. The molecule has 3 N–H and O–H groups in total. The molecule has 5 atom stereocenters. The van der Waals surface area contributed by atoms with E-state index in [9.17, 15) is 43.2 Å². The summed E-state index contributed by atoms with van der Waals surface area (Å²) in [7, 11) is -9.91. The van der Waals surface area contributed by atoms with E-state index in [1.807, 2.05) is 0 Å². The number of carbonyl (C=O) groups excluding carboxylic acids is 4. The maximum Gasteiger partial charge on any atom is 0.472 e. The Hall–Kier alpha value is -1.94. The van der Waals surface area contributed by atoms with Crippen LogP contribution in [0, 0.1) is 23.7 Å². The molecule has 0 spiro atoms. The molecule has 0 radical (unpaired) electrons. The van der Waals surface area contributed by atoms with Gasteiger partial charge in [-0.15, -0.1) is 0 Å². The van der Waals surface area contributed by atoms with Crippen LogP contribution in [0.15, 0.2) is 0 Å². The fourth-order valence-corrected chi connectivity index (χ4v) is 13.0. The predicted octanol–water partition coefficient (Wildman–Crippen LogP) is 21.7. The van der Waals surface area contributed by atoms with Gasteiger partial charge >= 0.3 is 39.5 Å². The zero-order valence-electron chi connectivity index (χ0n) is 61.6. The fourth-order valence-electron chi connectivity index (χ4n) is 11.4. The number of aliphatic hydroxyl groups is 1. The van der Waals surface area contributed by atoms with Crippen LogP contribution in [0.1, 0.15) is 376 Å². The van der Waals surface area contributed by atoms with Crippen molar-refractivity contribution in [3.8, 4) is 0 Å². The van der Waals surface area contributed by atoms with Gasteiger partial charge in [0.1, 0.15) is 19.3 Å². The molecule has 0 amide bonds. The van der Waals surface area contributed by atoms with E-state index in [0.717, 1.165) is 115 Å². The highest BCUT2D eigenvalue weighted by Crippen LogP contribution is 2.45. The van der Waals surface area contributed by atoms with Crippen LogP contribution in [0.25, 0.3) is 0 Å². The number of unbranched alkanes of at least 4 members (excludes halogenated alkanes) is 38. The normalized spacial score (nSPS) is 14.2. The van der Waals surface area contributed by atoms with Gasteiger partial charge in [-0.3, -0.25) is 37.3 Å². The third-order valence-corrected chi connectivity index (χ3v) is 19.2. The molecule has 17 nitrogen and oxygen atoms in total. The van der Waals surface area contributed by atoms with E-state index in [1.165, 1.54) is 167 Å². The van der Waals surface area contributed by atoms with Crippen molar-refractivity contribution in [1.82, 2.24) is 0 Å². The van der Waals surface area contributed by atoms with Crippen molar-refractivity contribution in [2.24, 2.45) is 23.7 Å². The standard InChI is InChI=1S/C75H146O17P2/c1-65(2)51-43-35-27-22-18-15-13-11-9-10-12-14-16-20-24-30-41-49-57-74(79)92-71(62-86-73(78)56-48-40-34-33-38-46-54-68(7)8)64-90-94(83,84)88-60-69(76)59-87-93(81,82)89-63-70(61-85-72(77)55-47-39-32-26-29-37-45-53-67(5)6)91-75(80)58-50-42-31-25-21-17-19-23-28-36-44-52-66(3)4/h65-71,76H,9-64H2,1-8H3,(H,81,82)(H,83,84)/t69?,70-,71-/m1/s1. The third kappa shape index (κ3) is 68.6. The number of hydrogen-bond donors (Lipinski definition) is 3. The number of carbonyl (C=O) groups is 4. The highest BCUT2D eigenvalue weighted by Gasteiger charge is 2.30. The quantitative estimate of drug-likeness (QED) is 0.0222. The second-order valence-electron chi connectivity index (χ2n) is 28.9. The number of hydrogen-bond acceptors (Lipinski definition) is 15. The molecule has 0 saturated heterocycles. The lowest BCUT2D eigenvalue weighted by atomic mass is 10.0. The summed E-state index contributed by atoms with van der Waals surface area (Å²) in [6.07, 6.45) is 48.9. The maximum absolute atomic E-state index is 13.0. The Morgan fingerprint density at radius 2 is 0.447 bits per heavy atom. The summed E-state index contributed by atoms with van der Waals surface area (Å²) in [6, 6.07) is 0. The summed E-state index contributed by atoms with van der Waals surface area (Å²) in [5.41, 5.74) is 0. The van der Waals surface area contributed by atoms with Crippen molar-refractivity contribution in [3.63, 3.8) is 0 Å². The van der Waals surface area contributed by atoms with Gasteiger partial charge < -0.3 is 33.8 Å². The van der Waals surface area contributed by atoms with Crippen LogP contribution in [0.4, 0.5) is 0 Å². The molecule has 19 heteroatoms. The molecule has 0 aromatic heterocycles. The highest BCUT2D eigenvalue weighted by molar-refractivity contribution is 7.47. The summed E-state index contributed by atoms with van der Waals surface area (Å²) in [6.45, 7) is 14.1. The molecule has 558 valence electrons. The molecule has 0 bridgehead atoms. The number of ether oxygens (including phenoxy) is 4. The molecular weight excluding hydrogens is 1230 g/mol.